The van der Waals surface area contributed by atoms with Gasteiger partial charge in [0, 0.05) is 19.0 Å². The molecule has 1 atom stereocenters. The van der Waals surface area contributed by atoms with E-state index in [-0.39, 0.29) is 24.0 Å². The van der Waals surface area contributed by atoms with Crippen molar-refractivity contribution in [2.45, 2.75) is 40.2 Å². The number of pyridine rings is 1. The Balaban J connectivity index is 2.73. The van der Waals surface area contributed by atoms with Crippen LogP contribution in [0, 0.1) is 5.41 Å². The quantitative estimate of drug-likeness (QED) is 0.859. The molecule has 0 spiro atoms. The Bertz CT molecular complexity index is 385. The van der Waals surface area contributed by atoms with E-state index in [9.17, 15) is 4.79 Å². The highest BCUT2D eigenvalue weighted by Crippen LogP contribution is 2.28. The highest BCUT2D eigenvalue weighted by atomic mass is 16.5. The summed E-state index contributed by atoms with van der Waals surface area (Å²) in [7, 11) is 0. The molecule has 0 radical (unpaired) electrons. The van der Waals surface area contributed by atoms with Gasteiger partial charge >= 0.3 is 0 Å². The van der Waals surface area contributed by atoms with Crippen molar-refractivity contribution in [2.75, 3.05) is 13.2 Å². The number of carbonyl (C=O) groups is 1. The maximum absolute atomic E-state index is 11.8. The van der Waals surface area contributed by atoms with Gasteiger partial charge in [-0.3, -0.25) is 9.78 Å². The number of amides is 1. The van der Waals surface area contributed by atoms with Gasteiger partial charge in [-0.05, 0) is 30.4 Å². The average molecular weight is 264 g/mol. The lowest BCUT2D eigenvalue weighted by molar-refractivity contribution is -0.126. The van der Waals surface area contributed by atoms with Crippen LogP contribution in [0.3, 0.4) is 0 Å². The van der Waals surface area contributed by atoms with Crippen molar-refractivity contribution in [3.63, 3.8) is 0 Å². The number of aromatic nitrogens is 1. The van der Waals surface area contributed by atoms with E-state index in [1.165, 1.54) is 0 Å². The molecule has 1 N–H and O–H groups in total. The molecule has 1 aromatic rings. The number of hydrogen-bond acceptors (Lipinski definition) is 3. The molecule has 0 aliphatic heterocycles. The Hall–Kier alpha value is -1.42. The molecule has 1 heterocycles. The van der Waals surface area contributed by atoms with Gasteiger partial charge < -0.3 is 10.1 Å². The van der Waals surface area contributed by atoms with E-state index in [2.05, 4.69) is 31.1 Å². The molecule has 0 saturated heterocycles. The second-order valence-electron chi connectivity index (χ2n) is 5.81. The van der Waals surface area contributed by atoms with Crippen LogP contribution in [0.2, 0.25) is 0 Å². The zero-order valence-electron chi connectivity index (χ0n) is 12.3. The van der Waals surface area contributed by atoms with Crippen LogP contribution in [-0.4, -0.2) is 24.1 Å². The predicted octanol–water partition coefficient (Wildman–Crippen LogP) is 2.71. The first-order valence-electron chi connectivity index (χ1n) is 6.69. The third kappa shape index (κ3) is 6.34. The molecule has 1 rings (SSSR count). The summed E-state index contributed by atoms with van der Waals surface area (Å²) in [5.74, 6) is -0.0834. The summed E-state index contributed by atoms with van der Waals surface area (Å²) in [6.07, 6.45) is 4.40. The third-order valence-electron chi connectivity index (χ3n) is 2.68. The van der Waals surface area contributed by atoms with Gasteiger partial charge in [0.1, 0.15) is 6.61 Å². The standard InChI is InChI=1S/C15H24N2O2/c1-5-19-11-14(18)17-13(9-15(2,3)4)12-7-6-8-16-10-12/h6-8,10,13H,5,9,11H2,1-4H3,(H,17,18)/t13-/m1/s1. The predicted molar refractivity (Wildman–Crippen MR) is 75.7 cm³/mol. The van der Waals surface area contributed by atoms with Gasteiger partial charge in [0.2, 0.25) is 5.91 Å². The van der Waals surface area contributed by atoms with Crippen molar-refractivity contribution in [2.24, 2.45) is 5.41 Å². The Morgan fingerprint density at radius 1 is 1.47 bits per heavy atom. The second kappa shape index (κ2) is 7.24. The fourth-order valence-corrected chi connectivity index (χ4v) is 1.88. The number of ether oxygens (including phenoxy) is 1. The van der Waals surface area contributed by atoms with E-state index < -0.39 is 0 Å². The third-order valence-corrected chi connectivity index (χ3v) is 2.68. The van der Waals surface area contributed by atoms with Crippen molar-refractivity contribution in [3.05, 3.63) is 30.1 Å². The summed E-state index contributed by atoms with van der Waals surface area (Å²) in [5, 5.41) is 3.02. The van der Waals surface area contributed by atoms with Crippen LogP contribution < -0.4 is 5.32 Å². The van der Waals surface area contributed by atoms with Crippen molar-refractivity contribution in [1.29, 1.82) is 0 Å². The van der Waals surface area contributed by atoms with Crippen LogP contribution in [0.1, 0.15) is 45.7 Å². The summed E-state index contributed by atoms with van der Waals surface area (Å²) in [4.78, 5) is 15.9. The Labute approximate surface area is 115 Å². The SMILES string of the molecule is CCOCC(=O)N[C@H](CC(C)(C)C)c1cccnc1. The summed E-state index contributed by atoms with van der Waals surface area (Å²) < 4.78 is 5.13. The van der Waals surface area contributed by atoms with Crippen molar-refractivity contribution in [3.8, 4) is 0 Å². The zero-order chi connectivity index (χ0) is 14.3. The minimum atomic E-state index is -0.0834. The monoisotopic (exact) mass is 264 g/mol. The molecule has 0 fully saturated rings. The highest BCUT2D eigenvalue weighted by molar-refractivity contribution is 5.77. The number of hydrogen-bond donors (Lipinski definition) is 1. The fourth-order valence-electron chi connectivity index (χ4n) is 1.88. The molecule has 0 aliphatic rings. The zero-order valence-corrected chi connectivity index (χ0v) is 12.3. The molecule has 19 heavy (non-hydrogen) atoms. The van der Waals surface area contributed by atoms with Gasteiger partial charge in [-0.25, -0.2) is 0 Å². The molecule has 1 amide bonds. The molecule has 4 nitrogen and oxygen atoms in total. The number of carbonyl (C=O) groups excluding carboxylic acids is 1. The molecule has 4 heteroatoms. The molecular weight excluding hydrogens is 240 g/mol. The van der Waals surface area contributed by atoms with Gasteiger partial charge in [-0.15, -0.1) is 0 Å². The molecule has 0 bridgehead atoms. The molecule has 1 aromatic heterocycles. The van der Waals surface area contributed by atoms with Gasteiger partial charge in [-0.1, -0.05) is 26.8 Å². The maximum atomic E-state index is 11.8. The van der Waals surface area contributed by atoms with Crippen LogP contribution in [0.4, 0.5) is 0 Å². The van der Waals surface area contributed by atoms with E-state index in [0.29, 0.717) is 6.61 Å². The average Bonchev–Trinajstić information content (AvgIpc) is 2.35. The molecule has 0 aromatic carbocycles. The van der Waals surface area contributed by atoms with Crippen molar-refractivity contribution < 1.29 is 9.53 Å². The molecule has 106 valence electrons. The first-order chi connectivity index (χ1) is 8.92. The fraction of sp³-hybridized carbons (Fsp3) is 0.600. The summed E-state index contributed by atoms with van der Waals surface area (Å²) in [6.45, 7) is 9.00. The Morgan fingerprint density at radius 2 is 2.21 bits per heavy atom. The summed E-state index contributed by atoms with van der Waals surface area (Å²) in [6, 6.07) is 3.85. The van der Waals surface area contributed by atoms with E-state index in [4.69, 9.17) is 4.74 Å². The topological polar surface area (TPSA) is 51.2 Å². The molecular formula is C15H24N2O2. The first kappa shape index (κ1) is 15.6. The number of rotatable bonds is 6. The van der Waals surface area contributed by atoms with Crippen LogP contribution in [0.25, 0.3) is 0 Å². The molecule has 0 saturated carbocycles. The van der Waals surface area contributed by atoms with Gasteiger partial charge in [0.05, 0.1) is 6.04 Å². The molecule has 0 unspecified atom stereocenters. The summed E-state index contributed by atoms with van der Waals surface area (Å²) >= 11 is 0. The Morgan fingerprint density at radius 3 is 2.74 bits per heavy atom. The van der Waals surface area contributed by atoms with Crippen LogP contribution in [-0.2, 0) is 9.53 Å². The van der Waals surface area contributed by atoms with E-state index in [0.717, 1.165) is 12.0 Å². The lowest BCUT2D eigenvalue weighted by Gasteiger charge is -2.27. The minimum Gasteiger partial charge on any atom is -0.372 e. The van der Waals surface area contributed by atoms with E-state index in [1.807, 2.05) is 19.1 Å². The Kier molecular flexibility index (Phi) is 5.96. The van der Waals surface area contributed by atoms with E-state index >= 15 is 0 Å². The second-order valence-corrected chi connectivity index (χ2v) is 5.81. The van der Waals surface area contributed by atoms with E-state index in [1.54, 1.807) is 12.4 Å². The van der Waals surface area contributed by atoms with Crippen LogP contribution in [0.5, 0.6) is 0 Å². The lowest BCUT2D eigenvalue weighted by Crippen LogP contribution is -2.33. The normalized spacial score (nSPS) is 13.1. The smallest absolute Gasteiger partial charge is 0.246 e. The van der Waals surface area contributed by atoms with Gasteiger partial charge in [-0.2, -0.15) is 0 Å². The van der Waals surface area contributed by atoms with Crippen LogP contribution in [0.15, 0.2) is 24.5 Å². The van der Waals surface area contributed by atoms with Crippen molar-refractivity contribution >= 4 is 5.91 Å². The molecule has 0 aliphatic carbocycles. The van der Waals surface area contributed by atoms with Gasteiger partial charge in [0.15, 0.2) is 0 Å². The first-order valence-corrected chi connectivity index (χ1v) is 6.69. The largest absolute Gasteiger partial charge is 0.372 e. The maximum Gasteiger partial charge on any atom is 0.246 e. The van der Waals surface area contributed by atoms with Crippen molar-refractivity contribution in [1.82, 2.24) is 10.3 Å². The lowest BCUT2D eigenvalue weighted by atomic mass is 9.86. The summed E-state index contributed by atoms with van der Waals surface area (Å²) in [5.41, 5.74) is 1.15. The number of nitrogens with zero attached hydrogens (tertiary/aromatic N) is 1. The highest BCUT2D eigenvalue weighted by Gasteiger charge is 2.22. The number of nitrogens with one attached hydrogen (secondary N) is 1. The van der Waals surface area contributed by atoms with Crippen LogP contribution >= 0.6 is 0 Å². The van der Waals surface area contributed by atoms with Gasteiger partial charge in [0.25, 0.3) is 0 Å². The minimum absolute atomic E-state index is 0.0262.